The number of amides is 1. The molecule has 0 aromatic heterocycles. The van der Waals surface area contributed by atoms with E-state index in [2.05, 4.69) is 4.74 Å². The molecule has 0 aromatic rings. The number of ether oxygens (including phenoxy) is 1. The minimum absolute atomic E-state index is 0.0939. The Balaban J connectivity index is 2.12. The number of esters is 1. The first-order valence-electron chi connectivity index (χ1n) is 5.14. The topological polar surface area (TPSA) is 46.4 Å². The van der Waals surface area contributed by atoms with Crippen molar-refractivity contribution in [1.82, 2.24) is 4.90 Å². The van der Waals surface area contributed by atoms with Crippen molar-refractivity contribution in [2.24, 2.45) is 5.92 Å². The Labute approximate surface area is 88.9 Å². The van der Waals surface area contributed by atoms with Crippen molar-refractivity contribution in [3.8, 4) is 0 Å². The third-order valence-electron chi connectivity index (χ3n) is 3.23. The molecule has 2 rings (SSSR count). The fraction of sp³-hybridized carbons (Fsp3) is 0.636. The second-order valence-electron chi connectivity index (χ2n) is 4.23. The average molecular weight is 209 g/mol. The summed E-state index contributed by atoms with van der Waals surface area (Å²) in [4.78, 5) is 24.5. The van der Waals surface area contributed by atoms with Crippen LogP contribution in [0.25, 0.3) is 0 Å². The van der Waals surface area contributed by atoms with Crippen LogP contribution < -0.4 is 0 Å². The maximum atomic E-state index is 11.4. The fourth-order valence-corrected chi connectivity index (χ4v) is 2.56. The molecule has 4 heteroatoms. The van der Waals surface area contributed by atoms with Crippen LogP contribution in [0, 0.1) is 5.92 Å². The molecule has 2 aliphatic rings. The number of carbonyl (C=O) groups excluding carboxylic acids is 2. The molecular weight excluding hydrogens is 194 g/mol. The van der Waals surface area contributed by atoms with E-state index in [0.717, 1.165) is 0 Å². The van der Waals surface area contributed by atoms with Crippen LogP contribution in [0.2, 0.25) is 0 Å². The number of carbonyl (C=O) groups is 2. The van der Waals surface area contributed by atoms with Crippen LogP contribution in [0.3, 0.4) is 0 Å². The van der Waals surface area contributed by atoms with E-state index < -0.39 is 0 Å². The van der Waals surface area contributed by atoms with Crippen molar-refractivity contribution in [3.05, 3.63) is 11.6 Å². The Bertz CT molecular complexity index is 348. The van der Waals surface area contributed by atoms with E-state index in [1.54, 1.807) is 6.92 Å². The summed E-state index contributed by atoms with van der Waals surface area (Å²) in [6.07, 6.45) is 2.57. The van der Waals surface area contributed by atoms with Gasteiger partial charge in [-0.15, -0.1) is 0 Å². The Morgan fingerprint density at radius 3 is 2.73 bits per heavy atom. The van der Waals surface area contributed by atoms with Gasteiger partial charge in [0.15, 0.2) is 0 Å². The third kappa shape index (κ3) is 1.54. The molecule has 1 aliphatic carbocycles. The van der Waals surface area contributed by atoms with Gasteiger partial charge in [-0.2, -0.15) is 0 Å². The van der Waals surface area contributed by atoms with E-state index in [1.165, 1.54) is 7.11 Å². The van der Waals surface area contributed by atoms with Crippen molar-refractivity contribution in [2.45, 2.75) is 32.4 Å². The SMILES string of the molecule is COC(=O)C1=C[C@@H](C)[C@H]2C(C1)N2C(C)=O. The molecule has 4 nitrogen and oxygen atoms in total. The van der Waals surface area contributed by atoms with Gasteiger partial charge in [0.1, 0.15) is 0 Å². The minimum atomic E-state index is -0.268. The summed E-state index contributed by atoms with van der Waals surface area (Å²) in [7, 11) is 1.38. The smallest absolute Gasteiger partial charge is 0.333 e. The van der Waals surface area contributed by atoms with Crippen LogP contribution in [0.5, 0.6) is 0 Å². The van der Waals surface area contributed by atoms with Gasteiger partial charge in [-0.25, -0.2) is 4.79 Å². The Kier molecular flexibility index (Phi) is 2.29. The van der Waals surface area contributed by atoms with Crippen molar-refractivity contribution in [2.75, 3.05) is 7.11 Å². The maximum Gasteiger partial charge on any atom is 0.333 e. The maximum absolute atomic E-state index is 11.4. The molecule has 1 saturated heterocycles. The zero-order chi connectivity index (χ0) is 11.2. The molecule has 0 N–H and O–H groups in total. The zero-order valence-corrected chi connectivity index (χ0v) is 9.19. The molecule has 1 heterocycles. The van der Waals surface area contributed by atoms with E-state index in [0.29, 0.717) is 18.0 Å². The Morgan fingerprint density at radius 1 is 1.53 bits per heavy atom. The number of methoxy groups -OCH3 is 1. The lowest BCUT2D eigenvalue weighted by Gasteiger charge is -2.12. The summed E-state index contributed by atoms with van der Waals surface area (Å²) < 4.78 is 4.69. The van der Waals surface area contributed by atoms with Crippen LogP contribution in [-0.2, 0) is 14.3 Å². The zero-order valence-electron chi connectivity index (χ0n) is 9.19. The summed E-state index contributed by atoms with van der Waals surface area (Å²) in [5.41, 5.74) is 0.704. The first kappa shape index (κ1) is 10.2. The van der Waals surface area contributed by atoms with Gasteiger partial charge in [0, 0.05) is 18.9 Å². The second kappa shape index (κ2) is 3.36. The van der Waals surface area contributed by atoms with Crippen LogP contribution in [-0.4, -0.2) is 36.0 Å². The minimum Gasteiger partial charge on any atom is -0.466 e. The van der Waals surface area contributed by atoms with Crippen LogP contribution >= 0.6 is 0 Å². The van der Waals surface area contributed by atoms with Crippen molar-refractivity contribution in [1.29, 1.82) is 0 Å². The summed E-state index contributed by atoms with van der Waals surface area (Å²) in [6, 6.07) is 0.521. The lowest BCUT2D eigenvalue weighted by Crippen LogP contribution is -2.17. The van der Waals surface area contributed by atoms with Gasteiger partial charge < -0.3 is 9.64 Å². The Hall–Kier alpha value is -1.32. The molecule has 0 bridgehead atoms. The van der Waals surface area contributed by atoms with Gasteiger partial charge in [-0.1, -0.05) is 13.0 Å². The standard InChI is InChI=1S/C11H15NO3/c1-6-4-8(11(14)15-3)5-9-10(6)12(9)7(2)13/h4,6,9-10H,5H2,1-3H3/t6-,9?,10+,12?/m1/s1. The summed E-state index contributed by atoms with van der Waals surface area (Å²) >= 11 is 0. The molecule has 15 heavy (non-hydrogen) atoms. The van der Waals surface area contributed by atoms with Gasteiger partial charge in [0.2, 0.25) is 5.91 Å². The first-order valence-corrected chi connectivity index (χ1v) is 5.14. The van der Waals surface area contributed by atoms with Crippen LogP contribution in [0.15, 0.2) is 11.6 Å². The molecule has 0 spiro atoms. The lowest BCUT2D eigenvalue weighted by atomic mass is 9.92. The molecule has 0 radical (unpaired) electrons. The van der Waals surface area contributed by atoms with E-state index in [-0.39, 0.29) is 23.8 Å². The molecule has 1 fully saturated rings. The van der Waals surface area contributed by atoms with E-state index in [4.69, 9.17) is 0 Å². The average Bonchev–Trinajstić information content (AvgIpc) is 2.91. The molecular formula is C11H15NO3. The highest BCUT2D eigenvalue weighted by Gasteiger charge is 2.54. The first-order chi connectivity index (χ1) is 7.06. The highest BCUT2D eigenvalue weighted by molar-refractivity contribution is 5.89. The molecule has 1 aliphatic heterocycles. The summed E-state index contributed by atoms with van der Waals surface area (Å²) in [5, 5.41) is 0. The number of fused-ring (bicyclic) bond motifs is 1. The Morgan fingerprint density at radius 2 is 2.20 bits per heavy atom. The van der Waals surface area contributed by atoms with Gasteiger partial charge in [0.25, 0.3) is 0 Å². The lowest BCUT2D eigenvalue weighted by molar-refractivity contribution is -0.136. The number of hydrogen-bond acceptors (Lipinski definition) is 3. The normalized spacial score (nSPS) is 32.9. The van der Waals surface area contributed by atoms with Crippen molar-refractivity contribution in [3.63, 3.8) is 0 Å². The van der Waals surface area contributed by atoms with E-state index in [1.807, 2.05) is 17.9 Å². The monoisotopic (exact) mass is 209 g/mol. The number of rotatable bonds is 1. The molecule has 1 amide bonds. The van der Waals surface area contributed by atoms with Crippen LogP contribution in [0.4, 0.5) is 0 Å². The van der Waals surface area contributed by atoms with Crippen molar-refractivity contribution < 1.29 is 14.3 Å². The summed E-state index contributed by atoms with van der Waals surface area (Å²) in [5.74, 6) is 0.0776. The molecule has 1 unspecified atom stereocenters. The number of hydrogen-bond donors (Lipinski definition) is 0. The van der Waals surface area contributed by atoms with Crippen molar-refractivity contribution >= 4 is 11.9 Å². The second-order valence-corrected chi connectivity index (χ2v) is 4.23. The summed E-state index contributed by atoms with van der Waals surface area (Å²) in [6.45, 7) is 3.60. The van der Waals surface area contributed by atoms with Gasteiger partial charge in [-0.3, -0.25) is 4.79 Å². The molecule has 3 atom stereocenters. The highest BCUT2D eigenvalue weighted by atomic mass is 16.5. The van der Waals surface area contributed by atoms with Gasteiger partial charge in [0.05, 0.1) is 19.2 Å². The van der Waals surface area contributed by atoms with E-state index in [9.17, 15) is 9.59 Å². The van der Waals surface area contributed by atoms with Gasteiger partial charge in [-0.05, 0) is 5.92 Å². The van der Waals surface area contributed by atoms with Gasteiger partial charge >= 0.3 is 5.97 Å². The molecule has 82 valence electrons. The molecule has 0 aromatic carbocycles. The predicted molar refractivity (Wildman–Crippen MR) is 54.0 cm³/mol. The third-order valence-corrected chi connectivity index (χ3v) is 3.23. The van der Waals surface area contributed by atoms with E-state index >= 15 is 0 Å². The highest BCUT2D eigenvalue weighted by Crippen LogP contribution is 2.43. The number of nitrogens with zero attached hydrogens (tertiary/aromatic N) is 1. The quantitative estimate of drug-likeness (QED) is 0.472. The predicted octanol–water partition coefficient (Wildman–Crippen LogP) is 0.725. The van der Waals surface area contributed by atoms with Crippen LogP contribution in [0.1, 0.15) is 20.3 Å². The largest absolute Gasteiger partial charge is 0.466 e. The fourth-order valence-electron chi connectivity index (χ4n) is 2.56. The molecule has 0 saturated carbocycles.